The van der Waals surface area contributed by atoms with Crippen molar-refractivity contribution in [1.29, 1.82) is 0 Å². The van der Waals surface area contributed by atoms with Gasteiger partial charge in [0.15, 0.2) is 17.5 Å². The quantitative estimate of drug-likeness (QED) is 0.340. The predicted octanol–water partition coefficient (Wildman–Crippen LogP) is 8.24. The maximum absolute atomic E-state index is 14.7. The fourth-order valence-electron chi connectivity index (χ4n) is 5.02. The van der Waals surface area contributed by atoms with Crippen molar-refractivity contribution >= 4 is 6.08 Å². The summed E-state index contributed by atoms with van der Waals surface area (Å²) >= 11 is 0. The molecule has 160 valence electrons. The Bertz CT molecular complexity index is 929. The number of rotatable bonds is 5. The van der Waals surface area contributed by atoms with Crippen molar-refractivity contribution in [2.24, 2.45) is 11.8 Å². The van der Waals surface area contributed by atoms with E-state index in [-0.39, 0.29) is 11.1 Å². The molecule has 1 saturated carbocycles. The Morgan fingerprint density at radius 1 is 0.800 bits per heavy atom. The molecule has 0 N–H and O–H groups in total. The van der Waals surface area contributed by atoms with E-state index in [1.54, 1.807) is 6.07 Å². The maximum atomic E-state index is 14.7. The maximum Gasteiger partial charge on any atom is 0.194 e. The van der Waals surface area contributed by atoms with Crippen LogP contribution in [0, 0.1) is 35.1 Å². The minimum atomic E-state index is -1.53. The zero-order chi connectivity index (χ0) is 21.3. The van der Waals surface area contributed by atoms with Gasteiger partial charge >= 0.3 is 0 Å². The Kier molecular flexibility index (Phi) is 6.31. The van der Waals surface area contributed by atoms with Crippen LogP contribution in [0.5, 0.6) is 0 Å². The average Bonchev–Trinajstić information content (AvgIpc) is 2.75. The number of fused-ring (bicyclic) bond motifs is 1. The van der Waals surface area contributed by atoms with Gasteiger partial charge in [-0.25, -0.2) is 17.6 Å². The van der Waals surface area contributed by atoms with Gasteiger partial charge in [0.25, 0.3) is 0 Å². The second-order valence-corrected chi connectivity index (χ2v) is 8.92. The lowest BCUT2D eigenvalue weighted by atomic mass is 9.78. The van der Waals surface area contributed by atoms with Gasteiger partial charge in [-0.2, -0.15) is 0 Å². The number of benzene rings is 2. The first kappa shape index (κ1) is 21.1. The summed E-state index contributed by atoms with van der Waals surface area (Å²) in [6, 6.07) is 4.78. The van der Waals surface area contributed by atoms with Gasteiger partial charge in [0.05, 0.1) is 0 Å². The van der Waals surface area contributed by atoms with Crippen molar-refractivity contribution in [3.8, 4) is 11.1 Å². The van der Waals surface area contributed by atoms with E-state index < -0.39 is 23.3 Å². The zero-order valence-electron chi connectivity index (χ0n) is 17.4. The average molecular weight is 417 g/mol. The number of aryl methyl sites for hydroxylation is 1. The first-order valence-corrected chi connectivity index (χ1v) is 11.1. The standard InChI is InChI=1S/C26H28F4/c1-2-16-3-5-17(6-4-16)7-8-18-9-10-19-12-22(23(27)13-20(19)11-18)21-14-24(28)26(30)25(29)15-21/h11-17H,2-10H2,1H3. The molecule has 30 heavy (non-hydrogen) atoms. The van der Waals surface area contributed by atoms with Gasteiger partial charge in [-0.15, -0.1) is 0 Å². The van der Waals surface area contributed by atoms with Crippen molar-refractivity contribution < 1.29 is 17.6 Å². The minimum absolute atomic E-state index is 0.0177. The van der Waals surface area contributed by atoms with E-state index in [0.717, 1.165) is 54.4 Å². The highest BCUT2D eigenvalue weighted by Gasteiger charge is 2.21. The monoisotopic (exact) mass is 416 g/mol. The molecule has 0 radical (unpaired) electrons. The molecule has 0 aliphatic heterocycles. The highest BCUT2D eigenvalue weighted by Crippen LogP contribution is 2.37. The van der Waals surface area contributed by atoms with Crippen LogP contribution in [-0.4, -0.2) is 0 Å². The largest absolute Gasteiger partial charge is 0.206 e. The van der Waals surface area contributed by atoms with Gasteiger partial charge in [0.1, 0.15) is 5.82 Å². The van der Waals surface area contributed by atoms with E-state index in [4.69, 9.17) is 0 Å². The molecule has 0 atom stereocenters. The molecule has 0 amide bonds. The van der Waals surface area contributed by atoms with E-state index >= 15 is 0 Å². The summed E-state index contributed by atoms with van der Waals surface area (Å²) in [4.78, 5) is 0. The molecule has 1 fully saturated rings. The Morgan fingerprint density at radius 3 is 2.13 bits per heavy atom. The summed E-state index contributed by atoms with van der Waals surface area (Å²) in [6.45, 7) is 2.28. The molecule has 2 aromatic rings. The first-order chi connectivity index (χ1) is 14.4. The molecule has 2 aromatic carbocycles. The Labute approximate surface area is 176 Å². The van der Waals surface area contributed by atoms with Gasteiger partial charge in [0.2, 0.25) is 0 Å². The third-order valence-corrected chi connectivity index (χ3v) is 7.02. The van der Waals surface area contributed by atoms with Crippen LogP contribution in [0.1, 0.15) is 69.4 Å². The second-order valence-electron chi connectivity index (χ2n) is 8.92. The Balaban J connectivity index is 1.48. The van der Waals surface area contributed by atoms with Gasteiger partial charge in [-0.05, 0) is 78.5 Å². The van der Waals surface area contributed by atoms with Crippen molar-refractivity contribution in [1.82, 2.24) is 0 Å². The highest BCUT2D eigenvalue weighted by molar-refractivity contribution is 5.70. The molecule has 0 nitrogen and oxygen atoms in total. The molecule has 0 unspecified atom stereocenters. The first-order valence-electron chi connectivity index (χ1n) is 11.1. The summed E-state index contributed by atoms with van der Waals surface area (Å²) in [7, 11) is 0. The SMILES string of the molecule is CCC1CCC(CCC2=Cc3cc(F)c(-c4cc(F)c(F)c(F)c4)cc3CC2)CC1. The molecule has 2 aliphatic carbocycles. The molecule has 0 spiro atoms. The molecule has 0 aromatic heterocycles. The van der Waals surface area contributed by atoms with E-state index in [0.29, 0.717) is 0 Å². The van der Waals surface area contributed by atoms with E-state index in [1.807, 2.05) is 0 Å². The van der Waals surface area contributed by atoms with Crippen LogP contribution >= 0.6 is 0 Å². The van der Waals surface area contributed by atoms with Gasteiger partial charge in [0, 0.05) is 5.56 Å². The fourth-order valence-corrected chi connectivity index (χ4v) is 5.02. The molecule has 4 heteroatoms. The summed E-state index contributed by atoms with van der Waals surface area (Å²) in [5.74, 6) is -2.99. The summed E-state index contributed by atoms with van der Waals surface area (Å²) in [5.41, 5.74) is 3.28. The van der Waals surface area contributed by atoms with Crippen LogP contribution in [0.3, 0.4) is 0 Å². The molecule has 2 aliphatic rings. The molecular weight excluding hydrogens is 388 g/mol. The van der Waals surface area contributed by atoms with Crippen LogP contribution < -0.4 is 0 Å². The minimum Gasteiger partial charge on any atom is -0.206 e. The summed E-state index contributed by atoms with van der Waals surface area (Å²) < 4.78 is 55.1. The van der Waals surface area contributed by atoms with Crippen LogP contribution in [0.25, 0.3) is 17.2 Å². The Hall–Kier alpha value is -2.10. The third kappa shape index (κ3) is 4.48. The highest BCUT2D eigenvalue weighted by atomic mass is 19.2. The smallest absolute Gasteiger partial charge is 0.194 e. The van der Waals surface area contributed by atoms with Crippen molar-refractivity contribution in [2.45, 2.75) is 64.7 Å². The molecule has 0 bridgehead atoms. The molecule has 0 saturated heterocycles. The topological polar surface area (TPSA) is 0 Å². The fraction of sp³-hybridized carbons (Fsp3) is 0.462. The number of hydrogen-bond donors (Lipinski definition) is 0. The lowest BCUT2D eigenvalue weighted by molar-refractivity contribution is 0.258. The van der Waals surface area contributed by atoms with Crippen molar-refractivity contribution in [3.63, 3.8) is 0 Å². The second kappa shape index (κ2) is 8.95. The summed E-state index contributed by atoms with van der Waals surface area (Å²) in [5, 5.41) is 0. The predicted molar refractivity (Wildman–Crippen MR) is 113 cm³/mol. The number of halogens is 4. The lowest BCUT2D eigenvalue weighted by Crippen LogP contribution is -2.14. The molecular formula is C26H28F4. The van der Waals surface area contributed by atoms with Crippen LogP contribution in [0.15, 0.2) is 29.8 Å². The van der Waals surface area contributed by atoms with Gasteiger partial charge in [-0.1, -0.05) is 50.7 Å². The summed E-state index contributed by atoms with van der Waals surface area (Å²) in [6.07, 6.45) is 12.7. The lowest BCUT2D eigenvalue weighted by Gasteiger charge is -2.28. The van der Waals surface area contributed by atoms with E-state index in [1.165, 1.54) is 50.2 Å². The van der Waals surface area contributed by atoms with Crippen LogP contribution in [-0.2, 0) is 6.42 Å². The molecule has 0 heterocycles. The van der Waals surface area contributed by atoms with Crippen LogP contribution in [0.4, 0.5) is 17.6 Å². The normalized spacial score (nSPS) is 21.3. The van der Waals surface area contributed by atoms with Gasteiger partial charge < -0.3 is 0 Å². The van der Waals surface area contributed by atoms with Crippen molar-refractivity contribution in [2.75, 3.05) is 0 Å². The third-order valence-electron chi connectivity index (χ3n) is 7.02. The van der Waals surface area contributed by atoms with Gasteiger partial charge in [-0.3, -0.25) is 0 Å². The van der Waals surface area contributed by atoms with E-state index in [9.17, 15) is 17.6 Å². The zero-order valence-corrected chi connectivity index (χ0v) is 17.4. The number of hydrogen-bond acceptors (Lipinski definition) is 0. The molecule has 4 rings (SSSR count). The van der Waals surface area contributed by atoms with Crippen LogP contribution in [0.2, 0.25) is 0 Å². The van der Waals surface area contributed by atoms with Crippen molar-refractivity contribution in [3.05, 3.63) is 64.2 Å². The number of allylic oxidation sites excluding steroid dienone is 1. The van der Waals surface area contributed by atoms with E-state index in [2.05, 4.69) is 13.0 Å². The Morgan fingerprint density at radius 2 is 1.47 bits per heavy atom.